The van der Waals surface area contributed by atoms with Gasteiger partial charge in [-0.2, -0.15) is 0 Å². The third-order valence-corrected chi connectivity index (χ3v) is 3.97. The lowest BCUT2D eigenvalue weighted by Crippen LogP contribution is -2.21. The van der Waals surface area contributed by atoms with Crippen molar-refractivity contribution < 1.29 is 13.9 Å². The van der Waals surface area contributed by atoms with Crippen LogP contribution >= 0.6 is 0 Å². The molecule has 0 amide bonds. The first kappa shape index (κ1) is 17.2. The zero-order valence-corrected chi connectivity index (χ0v) is 13.5. The molecule has 0 saturated heterocycles. The van der Waals surface area contributed by atoms with Gasteiger partial charge in [-0.25, -0.2) is 8.78 Å². The molecule has 3 nitrogen and oxygen atoms in total. The number of rotatable bonds is 6. The number of hydrogen-bond donors (Lipinski definition) is 2. The highest BCUT2D eigenvalue weighted by atomic mass is 19.1. The summed E-state index contributed by atoms with van der Waals surface area (Å²) >= 11 is 0. The molecule has 2 N–H and O–H groups in total. The molecule has 128 valence electrons. The van der Waals surface area contributed by atoms with Crippen molar-refractivity contribution in [1.82, 2.24) is 10.3 Å². The van der Waals surface area contributed by atoms with E-state index in [9.17, 15) is 13.9 Å². The fourth-order valence-corrected chi connectivity index (χ4v) is 2.56. The summed E-state index contributed by atoms with van der Waals surface area (Å²) in [6.07, 6.45) is 2.55. The number of aliphatic hydroxyl groups excluding tert-OH is 1. The van der Waals surface area contributed by atoms with Crippen molar-refractivity contribution in [2.75, 3.05) is 6.54 Å². The highest BCUT2D eigenvalue weighted by Gasteiger charge is 2.09. The van der Waals surface area contributed by atoms with Crippen LogP contribution in [0.4, 0.5) is 8.78 Å². The maximum Gasteiger partial charge on any atom is 0.128 e. The van der Waals surface area contributed by atoms with Gasteiger partial charge in [-0.15, -0.1) is 0 Å². The average molecular weight is 340 g/mol. The molecule has 1 atom stereocenters. The van der Waals surface area contributed by atoms with E-state index in [-0.39, 0.29) is 18.2 Å². The Labute approximate surface area is 145 Å². The fourth-order valence-electron chi connectivity index (χ4n) is 2.56. The lowest BCUT2D eigenvalue weighted by atomic mass is 10.0. The van der Waals surface area contributed by atoms with E-state index in [2.05, 4.69) is 10.3 Å². The van der Waals surface area contributed by atoms with Crippen molar-refractivity contribution in [2.45, 2.75) is 12.6 Å². The van der Waals surface area contributed by atoms with E-state index in [4.69, 9.17) is 0 Å². The molecule has 0 spiro atoms. The van der Waals surface area contributed by atoms with Crippen LogP contribution in [0.1, 0.15) is 17.2 Å². The molecule has 1 aromatic heterocycles. The second-order valence-electron chi connectivity index (χ2n) is 5.74. The number of hydrogen-bond acceptors (Lipinski definition) is 3. The molecule has 1 heterocycles. The van der Waals surface area contributed by atoms with Crippen molar-refractivity contribution in [3.05, 3.63) is 89.8 Å². The van der Waals surface area contributed by atoms with Crippen LogP contribution in [0.3, 0.4) is 0 Å². The predicted molar refractivity (Wildman–Crippen MR) is 92.7 cm³/mol. The van der Waals surface area contributed by atoms with E-state index >= 15 is 0 Å². The molecule has 0 aliphatic rings. The Kier molecular flexibility index (Phi) is 5.48. The first-order valence-electron chi connectivity index (χ1n) is 7.96. The Bertz CT molecular complexity index is 823. The normalized spacial score (nSPS) is 12.1. The largest absolute Gasteiger partial charge is 0.387 e. The quantitative estimate of drug-likeness (QED) is 0.716. The van der Waals surface area contributed by atoms with Crippen LogP contribution in [0.15, 0.2) is 67.0 Å². The Morgan fingerprint density at radius 3 is 2.32 bits per heavy atom. The van der Waals surface area contributed by atoms with Gasteiger partial charge in [0.2, 0.25) is 0 Å². The summed E-state index contributed by atoms with van der Waals surface area (Å²) in [5, 5.41) is 13.1. The fraction of sp³-hybridized carbons (Fsp3) is 0.150. The number of pyridine rings is 1. The maximum atomic E-state index is 14.3. The van der Waals surface area contributed by atoms with Crippen molar-refractivity contribution >= 4 is 0 Å². The van der Waals surface area contributed by atoms with E-state index in [1.165, 1.54) is 30.3 Å². The van der Waals surface area contributed by atoms with Crippen molar-refractivity contribution in [1.29, 1.82) is 0 Å². The standard InChI is InChI=1S/C20H18F2N2O/c21-18-5-3-15(4-6-18)20(25)13-24-12-17-2-1-16(11-19(17)22)14-7-9-23-10-8-14/h1-11,20,24-25H,12-13H2. The number of halogens is 2. The number of benzene rings is 2. The molecular formula is C20H18F2N2O. The molecule has 0 saturated carbocycles. The minimum atomic E-state index is -0.778. The van der Waals surface area contributed by atoms with Crippen LogP contribution in [-0.4, -0.2) is 16.6 Å². The summed E-state index contributed by atoms with van der Waals surface area (Å²) in [6.45, 7) is 0.540. The second kappa shape index (κ2) is 7.96. The van der Waals surface area contributed by atoms with Gasteiger partial charge in [-0.05, 0) is 47.0 Å². The molecule has 0 radical (unpaired) electrons. The van der Waals surface area contributed by atoms with Crippen LogP contribution < -0.4 is 5.32 Å². The zero-order valence-electron chi connectivity index (χ0n) is 13.5. The molecular weight excluding hydrogens is 322 g/mol. The van der Waals surface area contributed by atoms with E-state index < -0.39 is 6.10 Å². The minimum Gasteiger partial charge on any atom is -0.387 e. The van der Waals surface area contributed by atoms with Gasteiger partial charge in [0.15, 0.2) is 0 Å². The van der Waals surface area contributed by atoms with Crippen LogP contribution in [0.2, 0.25) is 0 Å². The SMILES string of the molecule is OC(CNCc1ccc(-c2ccncc2)cc1F)c1ccc(F)cc1. The van der Waals surface area contributed by atoms with Gasteiger partial charge < -0.3 is 10.4 Å². The number of nitrogens with one attached hydrogen (secondary N) is 1. The molecule has 0 fully saturated rings. The highest BCUT2D eigenvalue weighted by molar-refractivity contribution is 5.63. The van der Waals surface area contributed by atoms with Gasteiger partial charge in [0.25, 0.3) is 0 Å². The topological polar surface area (TPSA) is 45.1 Å². The Morgan fingerprint density at radius 1 is 0.920 bits per heavy atom. The summed E-state index contributed by atoms with van der Waals surface area (Å²) in [4.78, 5) is 3.95. The smallest absolute Gasteiger partial charge is 0.128 e. The number of aliphatic hydroxyl groups is 1. The van der Waals surface area contributed by atoms with Gasteiger partial charge in [-0.1, -0.05) is 24.3 Å². The number of nitrogens with zero attached hydrogens (tertiary/aromatic N) is 1. The summed E-state index contributed by atoms with van der Waals surface area (Å²) in [7, 11) is 0. The maximum absolute atomic E-state index is 14.3. The van der Waals surface area contributed by atoms with Crippen molar-refractivity contribution in [3.63, 3.8) is 0 Å². The summed E-state index contributed by atoms with van der Waals surface area (Å²) in [6, 6.07) is 14.4. The summed E-state index contributed by atoms with van der Waals surface area (Å²) < 4.78 is 27.1. The average Bonchev–Trinajstić information content (AvgIpc) is 2.64. The molecule has 25 heavy (non-hydrogen) atoms. The number of aromatic nitrogens is 1. The Balaban J connectivity index is 1.59. The van der Waals surface area contributed by atoms with E-state index in [0.717, 1.165) is 11.1 Å². The van der Waals surface area contributed by atoms with Gasteiger partial charge in [0, 0.05) is 31.0 Å². The van der Waals surface area contributed by atoms with Crippen LogP contribution in [0, 0.1) is 11.6 Å². The van der Waals surface area contributed by atoms with Gasteiger partial charge in [0.05, 0.1) is 6.10 Å². The van der Waals surface area contributed by atoms with Crippen LogP contribution in [0.5, 0.6) is 0 Å². The Hall–Kier alpha value is -2.63. The third-order valence-electron chi connectivity index (χ3n) is 3.97. The van der Waals surface area contributed by atoms with Gasteiger partial charge in [-0.3, -0.25) is 4.98 Å². The Morgan fingerprint density at radius 2 is 1.64 bits per heavy atom. The summed E-state index contributed by atoms with van der Waals surface area (Å²) in [5.74, 6) is -0.654. The van der Waals surface area contributed by atoms with E-state index in [1.807, 2.05) is 18.2 Å². The molecule has 3 rings (SSSR count). The van der Waals surface area contributed by atoms with E-state index in [1.54, 1.807) is 18.5 Å². The lowest BCUT2D eigenvalue weighted by Gasteiger charge is -2.13. The second-order valence-corrected chi connectivity index (χ2v) is 5.74. The summed E-state index contributed by atoms with van der Waals surface area (Å²) in [5.41, 5.74) is 2.82. The van der Waals surface area contributed by atoms with Gasteiger partial charge in [0.1, 0.15) is 11.6 Å². The zero-order chi connectivity index (χ0) is 17.6. The molecule has 0 aliphatic carbocycles. The van der Waals surface area contributed by atoms with Crippen LogP contribution in [-0.2, 0) is 6.54 Å². The predicted octanol–water partition coefficient (Wildman–Crippen LogP) is 3.85. The molecule has 0 bridgehead atoms. The van der Waals surface area contributed by atoms with Crippen molar-refractivity contribution in [2.24, 2.45) is 0 Å². The highest BCUT2D eigenvalue weighted by Crippen LogP contribution is 2.21. The van der Waals surface area contributed by atoms with Crippen LogP contribution in [0.25, 0.3) is 11.1 Å². The lowest BCUT2D eigenvalue weighted by molar-refractivity contribution is 0.174. The monoisotopic (exact) mass is 340 g/mol. The van der Waals surface area contributed by atoms with Crippen molar-refractivity contribution in [3.8, 4) is 11.1 Å². The molecule has 2 aromatic carbocycles. The first-order valence-corrected chi connectivity index (χ1v) is 7.96. The third kappa shape index (κ3) is 4.47. The van der Waals surface area contributed by atoms with E-state index in [0.29, 0.717) is 17.7 Å². The molecule has 5 heteroatoms. The molecule has 3 aromatic rings. The molecule has 1 unspecified atom stereocenters. The molecule has 0 aliphatic heterocycles. The minimum absolute atomic E-state index is 0.247. The first-order chi connectivity index (χ1) is 12.1. The van der Waals surface area contributed by atoms with Gasteiger partial charge >= 0.3 is 0 Å².